The quantitative estimate of drug-likeness (QED) is 0.773. The Morgan fingerprint density at radius 2 is 1.70 bits per heavy atom. The van der Waals surface area contributed by atoms with Crippen molar-refractivity contribution in [3.05, 3.63) is 58.6 Å². The average Bonchev–Trinajstić information content (AvgIpc) is 2.90. The highest BCUT2D eigenvalue weighted by Crippen LogP contribution is 2.29. The molecule has 0 aromatic heterocycles. The maximum Gasteiger partial charge on any atom is 0.263 e. The van der Waals surface area contributed by atoms with Gasteiger partial charge in [0.2, 0.25) is 5.91 Å². The normalized spacial score (nSPS) is 12.9. The summed E-state index contributed by atoms with van der Waals surface area (Å²) in [6.07, 6.45) is 0. The second-order valence-electron chi connectivity index (χ2n) is 6.13. The van der Waals surface area contributed by atoms with Gasteiger partial charge in [0, 0.05) is 24.5 Å². The van der Waals surface area contributed by atoms with E-state index >= 15 is 0 Å². The molecule has 0 aliphatic carbocycles. The first-order chi connectivity index (χ1) is 13.0. The van der Waals surface area contributed by atoms with Gasteiger partial charge < -0.3 is 10.2 Å². The van der Waals surface area contributed by atoms with Gasteiger partial charge in [-0.1, -0.05) is 17.7 Å². The molecule has 0 radical (unpaired) electrons. The number of rotatable bonds is 6. The van der Waals surface area contributed by atoms with Crippen LogP contribution in [0.1, 0.15) is 34.6 Å². The predicted molar refractivity (Wildman–Crippen MR) is 105 cm³/mol. The zero-order valence-corrected chi connectivity index (χ0v) is 15.9. The molecule has 2 aromatic rings. The molecule has 140 valence electrons. The number of benzene rings is 2. The van der Waals surface area contributed by atoms with E-state index in [-0.39, 0.29) is 22.7 Å². The first-order valence-electron chi connectivity index (χ1n) is 8.75. The van der Waals surface area contributed by atoms with Gasteiger partial charge in [-0.25, -0.2) is 0 Å². The molecule has 0 spiro atoms. The van der Waals surface area contributed by atoms with Crippen LogP contribution in [0.2, 0.25) is 5.02 Å². The molecule has 6 nitrogen and oxygen atoms in total. The fourth-order valence-corrected chi connectivity index (χ4v) is 3.38. The SMILES string of the molecule is CCN(CC)c1ccc(NC(=O)CN2C(=O)c3cccc(Cl)c3C2=O)cc1. The zero-order valence-electron chi connectivity index (χ0n) is 15.2. The van der Waals surface area contributed by atoms with Crippen LogP contribution in [-0.4, -0.2) is 42.3 Å². The standard InChI is InChI=1S/C20H20ClN3O3/c1-3-23(4-2)14-10-8-13(9-11-14)22-17(25)12-24-19(26)15-6-5-7-16(21)18(15)20(24)27/h5-11H,3-4,12H2,1-2H3,(H,22,25). The van der Waals surface area contributed by atoms with Gasteiger partial charge in [0.1, 0.15) is 6.54 Å². The molecule has 0 saturated carbocycles. The number of hydrogen-bond donors (Lipinski definition) is 1. The Morgan fingerprint density at radius 1 is 1.04 bits per heavy atom. The highest BCUT2D eigenvalue weighted by Gasteiger charge is 2.38. The van der Waals surface area contributed by atoms with Crippen molar-refractivity contribution >= 4 is 40.7 Å². The number of imide groups is 1. The van der Waals surface area contributed by atoms with E-state index in [0.717, 1.165) is 23.7 Å². The van der Waals surface area contributed by atoms with E-state index in [2.05, 4.69) is 24.1 Å². The van der Waals surface area contributed by atoms with Gasteiger partial charge in [0.05, 0.1) is 16.1 Å². The summed E-state index contributed by atoms with van der Waals surface area (Å²) in [6.45, 7) is 5.58. The topological polar surface area (TPSA) is 69.7 Å². The molecule has 27 heavy (non-hydrogen) atoms. The summed E-state index contributed by atoms with van der Waals surface area (Å²) in [4.78, 5) is 40.3. The van der Waals surface area contributed by atoms with Crippen molar-refractivity contribution in [1.82, 2.24) is 4.90 Å². The van der Waals surface area contributed by atoms with E-state index in [0.29, 0.717) is 5.69 Å². The third-order valence-corrected chi connectivity index (χ3v) is 4.84. The second-order valence-corrected chi connectivity index (χ2v) is 6.53. The fraction of sp³-hybridized carbons (Fsp3) is 0.250. The molecule has 0 saturated heterocycles. The minimum atomic E-state index is -0.548. The highest BCUT2D eigenvalue weighted by molar-refractivity contribution is 6.37. The van der Waals surface area contributed by atoms with Crippen molar-refractivity contribution in [3.8, 4) is 0 Å². The van der Waals surface area contributed by atoms with E-state index in [4.69, 9.17) is 11.6 Å². The van der Waals surface area contributed by atoms with Crippen LogP contribution in [-0.2, 0) is 4.79 Å². The molecule has 0 atom stereocenters. The number of carbonyl (C=O) groups excluding carboxylic acids is 3. The number of halogens is 1. The Morgan fingerprint density at radius 3 is 2.30 bits per heavy atom. The molecule has 3 rings (SSSR count). The van der Waals surface area contributed by atoms with Crippen LogP contribution in [0, 0.1) is 0 Å². The molecular weight excluding hydrogens is 366 g/mol. The molecule has 2 aromatic carbocycles. The van der Waals surface area contributed by atoms with Crippen LogP contribution in [0.4, 0.5) is 11.4 Å². The molecule has 1 aliphatic rings. The smallest absolute Gasteiger partial charge is 0.263 e. The van der Waals surface area contributed by atoms with E-state index in [9.17, 15) is 14.4 Å². The van der Waals surface area contributed by atoms with Crippen LogP contribution < -0.4 is 10.2 Å². The molecule has 1 aliphatic heterocycles. The van der Waals surface area contributed by atoms with Gasteiger partial charge in [-0.2, -0.15) is 0 Å². The van der Waals surface area contributed by atoms with E-state index in [1.165, 1.54) is 6.07 Å². The van der Waals surface area contributed by atoms with Gasteiger partial charge in [-0.05, 0) is 50.2 Å². The van der Waals surface area contributed by atoms with Crippen molar-refractivity contribution in [2.45, 2.75) is 13.8 Å². The van der Waals surface area contributed by atoms with Gasteiger partial charge in [0.15, 0.2) is 0 Å². The average molecular weight is 386 g/mol. The predicted octanol–water partition coefficient (Wildman–Crippen LogP) is 3.42. The Kier molecular flexibility index (Phi) is 5.46. The molecule has 1 N–H and O–H groups in total. The first-order valence-corrected chi connectivity index (χ1v) is 9.13. The Labute approximate surface area is 162 Å². The highest BCUT2D eigenvalue weighted by atomic mass is 35.5. The molecule has 7 heteroatoms. The van der Waals surface area contributed by atoms with Crippen LogP contribution in [0.3, 0.4) is 0 Å². The Hall–Kier alpha value is -2.86. The summed E-state index contributed by atoms with van der Waals surface area (Å²) in [5.74, 6) is -1.51. The minimum absolute atomic E-state index is 0.153. The number of amides is 3. The fourth-order valence-electron chi connectivity index (χ4n) is 3.12. The Bertz CT molecular complexity index is 892. The second kappa shape index (κ2) is 7.80. The molecule has 0 unspecified atom stereocenters. The zero-order chi connectivity index (χ0) is 19.6. The number of carbonyl (C=O) groups is 3. The summed E-state index contributed by atoms with van der Waals surface area (Å²) in [5.41, 5.74) is 2.04. The summed E-state index contributed by atoms with van der Waals surface area (Å²) < 4.78 is 0. The van der Waals surface area contributed by atoms with Crippen LogP contribution >= 0.6 is 11.6 Å². The van der Waals surface area contributed by atoms with E-state index in [1.54, 1.807) is 24.3 Å². The minimum Gasteiger partial charge on any atom is -0.372 e. The van der Waals surface area contributed by atoms with Crippen molar-refractivity contribution in [3.63, 3.8) is 0 Å². The van der Waals surface area contributed by atoms with E-state index in [1.807, 2.05) is 12.1 Å². The van der Waals surface area contributed by atoms with Crippen LogP contribution in [0.15, 0.2) is 42.5 Å². The van der Waals surface area contributed by atoms with Crippen LogP contribution in [0.5, 0.6) is 0 Å². The summed E-state index contributed by atoms with van der Waals surface area (Å²) in [5, 5.41) is 2.93. The maximum atomic E-state index is 12.4. The van der Waals surface area contributed by atoms with Gasteiger partial charge in [0.25, 0.3) is 11.8 Å². The molecule has 0 fully saturated rings. The number of anilines is 2. The molecule has 0 bridgehead atoms. The van der Waals surface area contributed by atoms with Crippen molar-refractivity contribution in [1.29, 1.82) is 0 Å². The van der Waals surface area contributed by atoms with Gasteiger partial charge in [-0.15, -0.1) is 0 Å². The maximum absolute atomic E-state index is 12.4. The third-order valence-electron chi connectivity index (χ3n) is 4.53. The summed E-state index contributed by atoms with van der Waals surface area (Å²) in [6, 6.07) is 12.1. The number of hydrogen-bond acceptors (Lipinski definition) is 4. The Balaban J connectivity index is 1.67. The number of nitrogens with zero attached hydrogens (tertiary/aromatic N) is 2. The lowest BCUT2D eigenvalue weighted by atomic mass is 10.1. The first kappa shape index (κ1) is 18.9. The van der Waals surface area contributed by atoms with Crippen molar-refractivity contribution in [2.75, 3.05) is 29.9 Å². The lowest BCUT2D eigenvalue weighted by Gasteiger charge is -2.21. The van der Waals surface area contributed by atoms with Gasteiger partial charge in [-0.3, -0.25) is 19.3 Å². The van der Waals surface area contributed by atoms with Crippen molar-refractivity contribution in [2.24, 2.45) is 0 Å². The summed E-state index contributed by atoms with van der Waals surface area (Å²) >= 11 is 6.02. The lowest BCUT2D eigenvalue weighted by molar-refractivity contribution is -0.116. The monoisotopic (exact) mass is 385 g/mol. The number of nitrogens with one attached hydrogen (secondary N) is 1. The largest absolute Gasteiger partial charge is 0.372 e. The van der Waals surface area contributed by atoms with Crippen molar-refractivity contribution < 1.29 is 14.4 Å². The lowest BCUT2D eigenvalue weighted by Crippen LogP contribution is -2.37. The van der Waals surface area contributed by atoms with Crippen LogP contribution in [0.25, 0.3) is 0 Å². The van der Waals surface area contributed by atoms with Gasteiger partial charge >= 0.3 is 0 Å². The third kappa shape index (κ3) is 3.66. The number of fused-ring (bicyclic) bond motifs is 1. The molecular formula is C20H20ClN3O3. The molecule has 3 amide bonds. The summed E-state index contributed by atoms with van der Waals surface area (Å²) in [7, 11) is 0. The molecule has 1 heterocycles. The van der Waals surface area contributed by atoms with E-state index < -0.39 is 17.7 Å².